The maximum Gasteiger partial charge on any atom is 0.258 e. The SMILES string of the molecule is CC(=O)Cc1nsc(NC(=O)c2csc3c2CC[C@@H](C)C3)n1. The van der Waals surface area contributed by atoms with Crippen LogP contribution >= 0.6 is 22.9 Å². The minimum atomic E-state index is -0.127. The van der Waals surface area contributed by atoms with Gasteiger partial charge in [0.15, 0.2) is 5.82 Å². The number of nitrogens with zero attached hydrogens (tertiary/aromatic N) is 2. The van der Waals surface area contributed by atoms with Crippen molar-refractivity contribution >= 4 is 39.7 Å². The van der Waals surface area contributed by atoms with Crippen LogP contribution < -0.4 is 5.32 Å². The van der Waals surface area contributed by atoms with Crippen molar-refractivity contribution in [3.8, 4) is 0 Å². The average Bonchev–Trinajstić information content (AvgIpc) is 3.04. The molecule has 0 bridgehead atoms. The molecule has 1 aliphatic rings. The highest BCUT2D eigenvalue weighted by molar-refractivity contribution is 7.10. The summed E-state index contributed by atoms with van der Waals surface area (Å²) >= 11 is 2.78. The lowest BCUT2D eigenvalue weighted by molar-refractivity contribution is -0.116. The Balaban J connectivity index is 1.72. The lowest BCUT2D eigenvalue weighted by Gasteiger charge is -2.18. The smallest absolute Gasteiger partial charge is 0.258 e. The van der Waals surface area contributed by atoms with Crippen LogP contribution in [0.4, 0.5) is 5.13 Å². The summed E-state index contributed by atoms with van der Waals surface area (Å²) in [5.41, 5.74) is 1.95. The molecular formula is C15H17N3O2S2. The van der Waals surface area contributed by atoms with Gasteiger partial charge in [0.25, 0.3) is 5.91 Å². The van der Waals surface area contributed by atoms with E-state index in [-0.39, 0.29) is 18.1 Å². The summed E-state index contributed by atoms with van der Waals surface area (Å²) in [7, 11) is 0. The Bertz CT molecular complexity index is 720. The molecule has 1 aliphatic carbocycles. The van der Waals surface area contributed by atoms with Crippen LogP contribution in [0.1, 0.15) is 46.9 Å². The Morgan fingerprint density at radius 1 is 1.45 bits per heavy atom. The molecule has 116 valence electrons. The summed E-state index contributed by atoms with van der Waals surface area (Å²) in [6, 6.07) is 0. The number of amides is 1. The van der Waals surface area contributed by atoms with Gasteiger partial charge in [-0.2, -0.15) is 4.37 Å². The third kappa shape index (κ3) is 3.25. The van der Waals surface area contributed by atoms with E-state index in [1.165, 1.54) is 17.4 Å². The number of ketones is 1. The fourth-order valence-corrected chi connectivity index (χ4v) is 4.46. The minimum absolute atomic E-state index is 0.0108. The molecule has 3 rings (SSSR count). The van der Waals surface area contributed by atoms with Crippen LogP contribution in [0.2, 0.25) is 0 Å². The van der Waals surface area contributed by atoms with Crippen molar-refractivity contribution in [1.82, 2.24) is 9.36 Å². The zero-order chi connectivity index (χ0) is 15.7. The molecule has 22 heavy (non-hydrogen) atoms. The van der Waals surface area contributed by atoms with Crippen molar-refractivity contribution < 1.29 is 9.59 Å². The molecule has 5 nitrogen and oxygen atoms in total. The normalized spacial score (nSPS) is 17.1. The molecule has 1 amide bonds. The van der Waals surface area contributed by atoms with E-state index >= 15 is 0 Å². The fourth-order valence-electron chi connectivity index (χ4n) is 2.63. The van der Waals surface area contributed by atoms with Crippen molar-refractivity contribution in [3.63, 3.8) is 0 Å². The van der Waals surface area contributed by atoms with Gasteiger partial charge in [0.1, 0.15) is 5.78 Å². The van der Waals surface area contributed by atoms with Crippen LogP contribution in [0.25, 0.3) is 0 Å². The molecule has 0 unspecified atom stereocenters. The topological polar surface area (TPSA) is 72.0 Å². The highest BCUT2D eigenvalue weighted by Crippen LogP contribution is 2.33. The predicted molar refractivity (Wildman–Crippen MR) is 87.8 cm³/mol. The molecular weight excluding hydrogens is 318 g/mol. The number of aromatic nitrogens is 2. The zero-order valence-electron chi connectivity index (χ0n) is 12.5. The van der Waals surface area contributed by atoms with Gasteiger partial charge in [0, 0.05) is 21.8 Å². The monoisotopic (exact) mass is 335 g/mol. The standard InChI is InChI=1S/C15H17N3O2S2/c1-8-3-4-10-11(7-21-12(10)5-8)14(20)17-15-16-13(18-22-15)6-9(2)19/h7-8H,3-6H2,1-2H3,(H,16,17,18,20)/t8-/m1/s1. The first kappa shape index (κ1) is 15.3. The minimum Gasteiger partial charge on any atom is -0.300 e. The average molecular weight is 335 g/mol. The van der Waals surface area contributed by atoms with Gasteiger partial charge in [0.05, 0.1) is 12.0 Å². The second-order valence-electron chi connectivity index (χ2n) is 5.75. The third-order valence-corrected chi connectivity index (χ3v) is 5.46. The zero-order valence-corrected chi connectivity index (χ0v) is 14.1. The first-order chi connectivity index (χ1) is 10.5. The molecule has 0 aromatic carbocycles. The maximum absolute atomic E-state index is 12.4. The Kier molecular flexibility index (Phi) is 4.35. The second kappa shape index (κ2) is 6.26. The largest absolute Gasteiger partial charge is 0.300 e. The van der Waals surface area contributed by atoms with Crippen molar-refractivity contribution in [2.75, 3.05) is 5.32 Å². The number of thiophene rings is 1. The molecule has 0 saturated carbocycles. The molecule has 0 saturated heterocycles. The second-order valence-corrected chi connectivity index (χ2v) is 7.46. The molecule has 2 aromatic heterocycles. The molecule has 1 N–H and O–H groups in total. The van der Waals surface area contributed by atoms with Crippen LogP contribution in [-0.2, 0) is 24.1 Å². The van der Waals surface area contributed by atoms with Crippen molar-refractivity contribution in [2.45, 2.75) is 39.5 Å². The predicted octanol–water partition coefficient (Wildman–Crippen LogP) is 3.11. The van der Waals surface area contributed by atoms with Gasteiger partial charge in [-0.05, 0) is 37.7 Å². The molecule has 1 atom stereocenters. The third-order valence-electron chi connectivity index (χ3n) is 3.74. The first-order valence-electron chi connectivity index (χ1n) is 7.25. The van der Waals surface area contributed by atoms with Crippen LogP contribution in [0.3, 0.4) is 0 Å². The van der Waals surface area contributed by atoms with Gasteiger partial charge in [-0.3, -0.25) is 14.9 Å². The Labute approximate surface area is 137 Å². The van der Waals surface area contributed by atoms with Crippen LogP contribution in [0.5, 0.6) is 0 Å². The number of Topliss-reactive ketones (excluding diaryl/α,β-unsaturated/α-hetero) is 1. The van der Waals surface area contributed by atoms with Gasteiger partial charge in [0.2, 0.25) is 5.13 Å². The van der Waals surface area contributed by atoms with E-state index in [0.717, 1.165) is 36.4 Å². The van der Waals surface area contributed by atoms with Crippen LogP contribution in [-0.4, -0.2) is 21.0 Å². The first-order valence-corrected chi connectivity index (χ1v) is 8.91. The summed E-state index contributed by atoms with van der Waals surface area (Å²) in [4.78, 5) is 29.0. The van der Waals surface area contributed by atoms with Gasteiger partial charge in [-0.15, -0.1) is 11.3 Å². The molecule has 2 aromatic rings. The number of nitrogens with one attached hydrogen (secondary N) is 1. The van der Waals surface area contributed by atoms with E-state index in [0.29, 0.717) is 16.9 Å². The lowest BCUT2D eigenvalue weighted by Crippen LogP contribution is -2.16. The van der Waals surface area contributed by atoms with Crippen LogP contribution in [0, 0.1) is 5.92 Å². The number of carbonyl (C=O) groups excluding carboxylic acids is 2. The van der Waals surface area contributed by atoms with E-state index in [1.54, 1.807) is 11.3 Å². The van der Waals surface area contributed by atoms with Gasteiger partial charge < -0.3 is 0 Å². The highest BCUT2D eigenvalue weighted by Gasteiger charge is 2.23. The highest BCUT2D eigenvalue weighted by atomic mass is 32.1. The Hall–Kier alpha value is -1.60. The summed E-state index contributed by atoms with van der Waals surface area (Å²) in [5, 5.41) is 5.19. The van der Waals surface area contributed by atoms with E-state index in [1.807, 2.05) is 5.38 Å². The molecule has 7 heteroatoms. The van der Waals surface area contributed by atoms with Gasteiger partial charge >= 0.3 is 0 Å². The maximum atomic E-state index is 12.4. The van der Waals surface area contributed by atoms with Gasteiger partial charge in [-0.1, -0.05) is 6.92 Å². The Morgan fingerprint density at radius 3 is 3.05 bits per heavy atom. The molecule has 0 aliphatic heterocycles. The number of hydrogen-bond acceptors (Lipinski definition) is 6. The summed E-state index contributed by atoms with van der Waals surface area (Å²) in [5.74, 6) is 1.04. The summed E-state index contributed by atoms with van der Waals surface area (Å²) in [6.45, 7) is 3.75. The van der Waals surface area contributed by atoms with E-state index < -0.39 is 0 Å². The summed E-state index contributed by atoms with van der Waals surface area (Å²) < 4.78 is 4.09. The number of anilines is 1. The van der Waals surface area contributed by atoms with Gasteiger partial charge in [-0.25, -0.2) is 4.98 Å². The fraction of sp³-hybridized carbons (Fsp3) is 0.467. The van der Waals surface area contributed by atoms with Crippen molar-refractivity contribution in [3.05, 3.63) is 27.2 Å². The number of rotatable bonds is 4. The Morgan fingerprint density at radius 2 is 2.27 bits per heavy atom. The molecule has 2 heterocycles. The van der Waals surface area contributed by atoms with E-state index in [2.05, 4.69) is 21.6 Å². The molecule has 0 spiro atoms. The molecule has 0 radical (unpaired) electrons. The van der Waals surface area contributed by atoms with E-state index in [4.69, 9.17) is 0 Å². The number of carbonyl (C=O) groups is 2. The molecule has 0 fully saturated rings. The van der Waals surface area contributed by atoms with Crippen molar-refractivity contribution in [2.24, 2.45) is 5.92 Å². The van der Waals surface area contributed by atoms with Crippen molar-refractivity contribution in [1.29, 1.82) is 0 Å². The summed E-state index contributed by atoms with van der Waals surface area (Å²) in [6.07, 6.45) is 3.37. The lowest BCUT2D eigenvalue weighted by atomic mass is 9.88. The quantitative estimate of drug-likeness (QED) is 0.932. The number of fused-ring (bicyclic) bond motifs is 1. The number of hydrogen-bond donors (Lipinski definition) is 1. The van der Waals surface area contributed by atoms with E-state index in [9.17, 15) is 9.59 Å². The van der Waals surface area contributed by atoms with Crippen LogP contribution in [0.15, 0.2) is 5.38 Å².